The minimum absolute atomic E-state index is 0.298. The minimum Gasteiger partial charge on any atom is -0.550 e. The van der Waals surface area contributed by atoms with E-state index in [0.717, 1.165) is 48.5 Å². The first kappa shape index (κ1) is 56.7. The van der Waals surface area contributed by atoms with Gasteiger partial charge in [-0.1, -0.05) is 0 Å². The third-order valence-electron chi connectivity index (χ3n) is 11.5. The van der Waals surface area contributed by atoms with Crippen molar-refractivity contribution in [1.29, 1.82) is 0 Å². The van der Waals surface area contributed by atoms with Crippen LogP contribution in [0.1, 0.15) is 11.1 Å². The van der Waals surface area contributed by atoms with Crippen molar-refractivity contribution in [3.8, 4) is 11.5 Å². The van der Waals surface area contributed by atoms with Gasteiger partial charge >= 0.3 is 13.8 Å². The van der Waals surface area contributed by atoms with Crippen LogP contribution in [0.5, 0.6) is 11.5 Å². The van der Waals surface area contributed by atoms with E-state index in [1.165, 1.54) is 0 Å². The number of nitrogens with zero attached hydrogens (tertiary/aromatic N) is 4. The Labute approximate surface area is 430 Å². The van der Waals surface area contributed by atoms with Gasteiger partial charge in [-0.05, 0) is 48.5 Å². The molecule has 0 heterocycles. The van der Waals surface area contributed by atoms with E-state index < -0.39 is 207 Å². The molecule has 0 unspecified atom stereocenters. The van der Waals surface area contributed by atoms with E-state index in [2.05, 4.69) is 9.98 Å². The lowest BCUT2D eigenvalue weighted by molar-refractivity contribution is -0.385. The molecule has 408 valence electrons. The fraction of sp³-hybridized carbons (Fsp3) is 0. The predicted molar refractivity (Wildman–Crippen MR) is 241 cm³/mol. The molecule has 0 spiro atoms. The standard InChI is InChI=1S/C48H14B2F20N4O6/c51-27-23(28(52)36(60)43(67)35(27)59)49(24-29(53)37(61)44(68)38(62)30(24)54)79-47-15(13-71-17-3-7-19(8-4-17)73(75)76)1-11-21-22(47)12-2-16(14-72-18-5-9-20(10-6-18)74(77)78)48(21)80-50(25-31(55)39(63)45(69)40(64)32(25)56)26-33(57)41(65)46(70)42(66)34(26)58/h1-14H. The lowest BCUT2D eigenvalue weighted by Crippen LogP contribution is -2.55. The molecule has 8 rings (SSSR count). The van der Waals surface area contributed by atoms with Gasteiger partial charge in [0.1, 0.15) is 11.5 Å². The second kappa shape index (κ2) is 21.7. The molecule has 0 amide bonds. The maximum atomic E-state index is 15.9. The Morgan fingerprint density at radius 2 is 0.537 bits per heavy atom. The summed E-state index contributed by atoms with van der Waals surface area (Å²) < 4.78 is 316. The van der Waals surface area contributed by atoms with Crippen molar-refractivity contribution in [3.05, 3.63) is 220 Å². The van der Waals surface area contributed by atoms with E-state index in [9.17, 15) is 37.8 Å². The largest absolute Gasteiger partial charge is 0.550 e. The van der Waals surface area contributed by atoms with Gasteiger partial charge < -0.3 is 9.31 Å². The summed E-state index contributed by atoms with van der Waals surface area (Å²) in [6.45, 7) is -7.63. The van der Waals surface area contributed by atoms with Gasteiger partial charge in [0, 0.05) is 80.4 Å². The van der Waals surface area contributed by atoms with Crippen LogP contribution in [0.4, 0.5) is 111 Å². The minimum atomic E-state index is -3.82. The van der Waals surface area contributed by atoms with Gasteiger partial charge in [0.05, 0.1) is 21.2 Å². The fourth-order valence-corrected chi connectivity index (χ4v) is 7.63. The molecule has 0 fully saturated rings. The molecule has 0 radical (unpaired) electrons. The van der Waals surface area contributed by atoms with Gasteiger partial charge in [-0.3, -0.25) is 30.2 Å². The number of halogens is 20. The number of rotatable bonds is 14. The van der Waals surface area contributed by atoms with Crippen LogP contribution in [0.25, 0.3) is 10.8 Å². The SMILES string of the molecule is O=[N+]([O-])c1ccc(N=Cc2ccc3c(OB(c4c(F)c(F)c(F)c(F)c4F)c4c(F)c(F)c(F)c(F)c4F)c(C=Nc4ccc([N+](=O)[O-])cc4)ccc3c2OB(c2c(F)c(F)c(F)c(F)c2F)c2c(F)c(F)c(F)c(F)c2F)cc1. The number of nitro groups is 2. The molecule has 0 aliphatic heterocycles. The second-order valence-electron chi connectivity index (χ2n) is 16.1. The first-order valence-electron chi connectivity index (χ1n) is 21.2. The summed E-state index contributed by atoms with van der Waals surface area (Å²) >= 11 is 0. The van der Waals surface area contributed by atoms with E-state index in [1.807, 2.05) is 0 Å². The van der Waals surface area contributed by atoms with Crippen LogP contribution in [-0.2, 0) is 0 Å². The highest BCUT2D eigenvalue weighted by atomic mass is 19.2. The highest BCUT2D eigenvalue weighted by molar-refractivity contribution is 6.81. The van der Waals surface area contributed by atoms with Crippen LogP contribution in [0, 0.1) is 137 Å². The summed E-state index contributed by atoms with van der Waals surface area (Å²) in [5.41, 5.74) is -13.5. The molecule has 0 aromatic heterocycles. The zero-order chi connectivity index (χ0) is 58.7. The summed E-state index contributed by atoms with van der Waals surface area (Å²) in [4.78, 5) is 28.7. The van der Waals surface area contributed by atoms with Crippen LogP contribution in [0.2, 0.25) is 0 Å². The van der Waals surface area contributed by atoms with Gasteiger partial charge in [-0.15, -0.1) is 0 Å². The molecule has 0 N–H and O–H groups in total. The predicted octanol–water partition coefficient (Wildman–Crippen LogP) is 11.3. The van der Waals surface area contributed by atoms with Crippen LogP contribution in [0.3, 0.4) is 0 Å². The number of non-ortho nitro benzene ring substituents is 2. The first-order valence-corrected chi connectivity index (χ1v) is 21.2. The summed E-state index contributed by atoms with van der Waals surface area (Å²) in [5.74, 6) is -62.7. The molecule has 0 aliphatic carbocycles. The van der Waals surface area contributed by atoms with Crippen LogP contribution in [0.15, 0.2) is 82.8 Å². The number of hydrogen-bond donors (Lipinski definition) is 0. The molecule has 0 aliphatic rings. The average Bonchev–Trinajstić information content (AvgIpc) is 3.44. The molecule has 0 saturated heterocycles. The van der Waals surface area contributed by atoms with Crippen molar-refractivity contribution in [2.45, 2.75) is 0 Å². The quantitative estimate of drug-likeness (QED) is 0.0203. The lowest BCUT2D eigenvalue weighted by Gasteiger charge is -2.25. The van der Waals surface area contributed by atoms with E-state index in [4.69, 9.17) is 9.31 Å². The molecule has 0 saturated carbocycles. The Hall–Kier alpha value is -9.51. The van der Waals surface area contributed by atoms with E-state index in [1.54, 1.807) is 0 Å². The van der Waals surface area contributed by atoms with Crippen molar-refractivity contribution >= 4 is 81.6 Å². The monoisotopic (exact) mass is 1140 g/mol. The second-order valence-corrected chi connectivity index (χ2v) is 16.1. The lowest BCUT2D eigenvalue weighted by atomic mass is 9.54. The third-order valence-corrected chi connectivity index (χ3v) is 11.5. The van der Waals surface area contributed by atoms with Gasteiger partial charge in [0.2, 0.25) is 0 Å². The Morgan fingerprint density at radius 1 is 0.325 bits per heavy atom. The highest BCUT2D eigenvalue weighted by Gasteiger charge is 2.46. The Kier molecular flexibility index (Phi) is 15.4. The normalized spacial score (nSPS) is 11.6. The molecule has 32 heteroatoms. The molecule has 10 nitrogen and oxygen atoms in total. The molecule has 0 bridgehead atoms. The molecule has 8 aromatic carbocycles. The maximum Gasteiger partial charge on any atom is 0.438 e. The van der Waals surface area contributed by atoms with Gasteiger partial charge in [-0.25, -0.2) is 87.8 Å². The van der Waals surface area contributed by atoms with Crippen molar-refractivity contribution in [1.82, 2.24) is 0 Å². The average molecular weight is 1140 g/mol. The van der Waals surface area contributed by atoms with Gasteiger partial charge in [0.15, 0.2) is 116 Å². The number of fused-ring (bicyclic) bond motifs is 1. The van der Waals surface area contributed by atoms with Crippen LogP contribution >= 0.6 is 0 Å². The zero-order valence-corrected chi connectivity index (χ0v) is 38.0. The van der Waals surface area contributed by atoms with Crippen molar-refractivity contribution < 1.29 is 107 Å². The highest BCUT2D eigenvalue weighted by Crippen LogP contribution is 2.39. The topological polar surface area (TPSA) is 129 Å². The fourth-order valence-electron chi connectivity index (χ4n) is 7.63. The smallest absolute Gasteiger partial charge is 0.438 e. The number of hydrogen-bond acceptors (Lipinski definition) is 8. The summed E-state index contributed by atoms with van der Waals surface area (Å²) in [6, 6.07) is 9.60. The molecular formula is C48H14B2F20N4O6. The van der Waals surface area contributed by atoms with Crippen molar-refractivity contribution in [2.24, 2.45) is 9.98 Å². The maximum absolute atomic E-state index is 15.9. The van der Waals surface area contributed by atoms with E-state index in [-0.39, 0.29) is 11.4 Å². The Balaban J connectivity index is 1.52. The number of nitro benzene ring substituents is 2. The third kappa shape index (κ3) is 9.79. The molecule has 0 atom stereocenters. The van der Waals surface area contributed by atoms with E-state index in [0.29, 0.717) is 36.7 Å². The molecule has 80 heavy (non-hydrogen) atoms. The Bertz CT molecular complexity index is 3500. The molecular weight excluding hydrogens is 1130 g/mol. The van der Waals surface area contributed by atoms with Gasteiger partial charge in [0.25, 0.3) is 11.4 Å². The number of benzene rings is 8. The number of aliphatic imine (C=N–C) groups is 2. The van der Waals surface area contributed by atoms with Crippen molar-refractivity contribution in [3.63, 3.8) is 0 Å². The first-order chi connectivity index (χ1) is 37.7. The summed E-state index contributed by atoms with van der Waals surface area (Å²) in [5, 5.41) is 20.5. The van der Waals surface area contributed by atoms with Crippen molar-refractivity contribution in [2.75, 3.05) is 0 Å². The Morgan fingerprint density at radius 3 is 0.750 bits per heavy atom. The van der Waals surface area contributed by atoms with Crippen LogP contribution in [-0.4, -0.2) is 36.1 Å². The van der Waals surface area contributed by atoms with Gasteiger partial charge in [-0.2, -0.15) is 0 Å². The summed E-state index contributed by atoms with van der Waals surface area (Å²) in [7, 11) is 0. The van der Waals surface area contributed by atoms with E-state index >= 15 is 70.2 Å². The zero-order valence-electron chi connectivity index (χ0n) is 38.0. The summed E-state index contributed by atoms with van der Waals surface area (Å²) in [6.07, 6.45) is 1.11. The molecule has 8 aromatic rings. The van der Waals surface area contributed by atoms with Crippen LogP contribution < -0.4 is 31.2 Å².